The lowest BCUT2D eigenvalue weighted by Gasteiger charge is -2.12. The van der Waals surface area contributed by atoms with E-state index in [0.29, 0.717) is 8.58 Å². The zero-order valence-electron chi connectivity index (χ0n) is 7.26. The van der Waals surface area contributed by atoms with Crippen LogP contribution in [-0.2, 0) is 4.79 Å². The summed E-state index contributed by atoms with van der Waals surface area (Å²) in [5, 5.41) is 0. The summed E-state index contributed by atoms with van der Waals surface area (Å²) in [6.07, 6.45) is 0.959. The molecule has 0 radical (unpaired) electrons. The Bertz CT molecular complexity index is 119. The Morgan fingerprint density at radius 1 is 1.64 bits per heavy atom. The van der Waals surface area contributed by atoms with Crippen LogP contribution in [0.15, 0.2) is 0 Å². The zero-order valence-corrected chi connectivity index (χ0v) is 8.26. The van der Waals surface area contributed by atoms with Gasteiger partial charge in [-0.15, -0.1) is 0 Å². The summed E-state index contributed by atoms with van der Waals surface area (Å²) < 4.78 is 0. The molecule has 3 nitrogen and oxygen atoms in total. The predicted octanol–water partition coefficient (Wildman–Crippen LogP) is 0.102. The molecule has 0 heterocycles. The van der Waals surface area contributed by atoms with Gasteiger partial charge in [0, 0.05) is 6.54 Å². The second-order valence-electron chi connectivity index (χ2n) is 2.45. The van der Waals surface area contributed by atoms with E-state index in [0.717, 1.165) is 19.3 Å². The van der Waals surface area contributed by atoms with Crippen LogP contribution in [0.3, 0.4) is 0 Å². The lowest BCUT2D eigenvalue weighted by atomic mass is 10.6. The first-order chi connectivity index (χ1) is 5.20. The van der Waals surface area contributed by atoms with Gasteiger partial charge in [0.1, 0.15) is 0 Å². The molecule has 1 atom stereocenters. The van der Waals surface area contributed by atoms with Crippen molar-refractivity contribution in [3.05, 3.63) is 0 Å². The minimum absolute atomic E-state index is 0.189. The van der Waals surface area contributed by atoms with Crippen LogP contribution in [0, 0.1) is 0 Å². The second-order valence-corrected chi connectivity index (χ2v) is 3.86. The van der Waals surface area contributed by atoms with E-state index in [1.54, 1.807) is 0 Å². The van der Waals surface area contributed by atoms with Crippen molar-refractivity contribution in [2.75, 3.05) is 32.8 Å². The Morgan fingerprint density at radius 3 is 2.73 bits per heavy atom. The number of nitrogens with zero attached hydrogens (tertiary/aromatic N) is 1. The molecule has 0 aromatic heterocycles. The van der Waals surface area contributed by atoms with Crippen LogP contribution in [0.25, 0.3) is 0 Å². The fourth-order valence-electron chi connectivity index (χ4n) is 0.616. The Morgan fingerprint density at radius 2 is 2.27 bits per heavy atom. The van der Waals surface area contributed by atoms with Crippen molar-refractivity contribution in [3.63, 3.8) is 0 Å². The third kappa shape index (κ3) is 6.42. The minimum atomic E-state index is 0.189. The summed E-state index contributed by atoms with van der Waals surface area (Å²) >= 11 is 0. The Kier molecular flexibility index (Phi) is 6.73. The van der Waals surface area contributed by atoms with Crippen LogP contribution < -0.4 is 5.73 Å². The monoisotopic (exact) mass is 176 g/mol. The van der Waals surface area contributed by atoms with Crippen LogP contribution in [0.1, 0.15) is 6.92 Å². The van der Waals surface area contributed by atoms with Gasteiger partial charge in [0.15, 0.2) is 5.52 Å². The van der Waals surface area contributed by atoms with Gasteiger partial charge in [0.05, 0.1) is 6.54 Å². The molecular weight excluding hydrogens is 159 g/mol. The highest BCUT2D eigenvalue weighted by Gasteiger charge is 1.98. The standard InChI is InChI=1S/C7H17N2OP/c1-3-9(2)4-5-11-7(10)6-8/h11H,3-6,8H2,1-2H3. The van der Waals surface area contributed by atoms with E-state index in [4.69, 9.17) is 5.73 Å². The number of hydrogen-bond donors (Lipinski definition) is 1. The number of carbonyl (C=O) groups excluding carboxylic acids is 1. The molecule has 0 saturated heterocycles. The molecule has 0 spiro atoms. The molecule has 0 aliphatic carbocycles. The first-order valence-corrected chi connectivity index (χ1v) is 5.06. The maximum absolute atomic E-state index is 10.8. The van der Waals surface area contributed by atoms with Crippen LogP contribution in [0.2, 0.25) is 0 Å². The first-order valence-electron chi connectivity index (χ1n) is 3.86. The van der Waals surface area contributed by atoms with Gasteiger partial charge < -0.3 is 10.6 Å². The SMILES string of the molecule is CCN(C)CCPC(=O)CN. The van der Waals surface area contributed by atoms with Crippen molar-refractivity contribution >= 4 is 14.1 Å². The molecule has 66 valence electrons. The van der Waals surface area contributed by atoms with E-state index < -0.39 is 0 Å². The lowest BCUT2D eigenvalue weighted by Crippen LogP contribution is -2.21. The quantitative estimate of drug-likeness (QED) is 0.584. The minimum Gasteiger partial charge on any atom is -0.324 e. The van der Waals surface area contributed by atoms with E-state index in [-0.39, 0.29) is 12.1 Å². The van der Waals surface area contributed by atoms with Gasteiger partial charge in [-0.3, -0.25) is 4.79 Å². The molecule has 0 saturated carbocycles. The summed E-state index contributed by atoms with van der Waals surface area (Å²) in [4.78, 5) is 12.9. The van der Waals surface area contributed by atoms with Crippen LogP contribution >= 0.6 is 8.58 Å². The van der Waals surface area contributed by atoms with Gasteiger partial charge in [-0.25, -0.2) is 0 Å². The van der Waals surface area contributed by atoms with Gasteiger partial charge in [0.25, 0.3) is 0 Å². The number of carbonyl (C=O) groups is 1. The summed E-state index contributed by atoms with van der Waals surface area (Å²) in [7, 11) is 2.45. The summed E-state index contributed by atoms with van der Waals surface area (Å²) in [5.74, 6) is 0. The average Bonchev–Trinajstić information content (AvgIpc) is 2.04. The van der Waals surface area contributed by atoms with Crippen LogP contribution in [-0.4, -0.2) is 43.3 Å². The molecule has 0 aromatic carbocycles. The Labute approximate surface area is 70.1 Å². The summed E-state index contributed by atoms with van der Waals surface area (Å²) in [5.41, 5.74) is 5.35. The molecular formula is C7H17N2OP. The van der Waals surface area contributed by atoms with Crippen molar-refractivity contribution in [2.45, 2.75) is 6.92 Å². The van der Waals surface area contributed by atoms with Crippen LogP contribution in [0.5, 0.6) is 0 Å². The van der Waals surface area contributed by atoms with E-state index in [1.807, 2.05) is 0 Å². The van der Waals surface area contributed by atoms with E-state index >= 15 is 0 Å². The van der Waals surface area contributed by atoms with Gasteiger partial charge in [-0.2, -0.15) is 0 Å². The van der Waals surface area contributed by atoms with Gasteiger partial charge in [0.2, 0.25) is 0 Å². The first kappa shape index (κ1) is 11.0. The molecule has 4 heteroatoms. The van der Waals surface area contributed by atoms with Gasteiger partial charge in [-0.1, -0.05) is 6.92 Å². The van der Waals surface area contributed by atoms with E-state index in [2.05, 4.69) is 18.9 Å². The average molecular weight is 176 g/mol. The van der Waals surface area contributed by atoms with Crippen molar-refractivity contribution < 1.29 is 4.79 Å². The molecule has 0 amide bonds. The molecule has 0 rings (SSSR count). The smallest absolute Gasteiger partial charge is 0.164 e. The van der Waals surface area contributed by atoms with Gasteiger partial charge >= 0.3 is 0 Å². The molecule has 2 N–H and O–H groups in total. The van der Waals surface area contributed by atoms with Crippen molar-refractivity contribution in [3.8, 4) is 0 Å². The Hall–Kier alpha value is 0.0200. The van der Waals surface area contributed by atoms with Gasteiger partial charge in [-0.05, 0) is 28.3 Å². The highest BCUT2D eigenvalue weighted by Crippen LogP contribution is 2.09. The normalized spacial score (nSPS) is 11.6. The largest absolute Gasteiger partial charge is 0.324 e. The lowest BCUT2D eigenvalue weighted by molar-refractivity contribution is -0.110. The van der Waals surface area contributed by atoms with Crippen molar-refractivity contribution in [1.82, 2.24) is 4.90 Å². The van der Waals surface area contributed by atoms with Crippen LogP contribution in [0.4, 0.5) is 0 Å². The molecule has 11 heavy (non-hydrogen) atoms. The number of rotatable bonds is 6. The highest BCUT2D eigenvalue weighted by atomic mass is 31.1. The highest BCUT2D eigenvalue weighted by molar-refractivity contribution is 7.58. The van der Waals surface area contributed by atoms with E-state index in [9.17, 15) is 4.79 Å². The van der Waals surface area contributed by atoms with E-state index in [1.165, 1.54) is 0 Å². The topological polar surface area (TPSA) is 46.3 Å². The third-order valence-corrected chi connectivity index (χ3v) is 2.61. The number of nitrogens with two attached hydrogens (primary N) is 1. The zero-order chi connectivity index (χ0) is 8.69. The maximum Gasteiger partial charge on any atom is 0.164 e. The fourth-order valence-corrected chi connectivity index (χ4v) is 1.53. The molecule has 0 aromatic rings. The third-order valence-electron chi connectivity index (χ3n) is 1.54. The van der Waals surface area contributed by atoms with Crippen molar-refractivity contribution in [2.24, 2.45) is 5.73 Å². The summed E-state index contributed by atoms with van der Waals surface area (Å²) in [6.45, 7) is 4.35. The molecule has 0 fully saturated rings. The Balaban J connectivity index is 3.20. The molecule has 0 aliphatic heterocycles. The predicted molar refractivity (Wildman–Crippen MR) is 50.4 cm³/mol. The second kappa shape index (κ2) is 6.71. The fraction of sp³-hybridized carbons (Fsp3) is 0.857. The number of hydrogen-bond acceptors (Lipinski definition) is 3. The van der Waals surface area contributed by atoms with Crippen molar-refractivity contribution in [1.29, 1.82) is 0 Å². The maximum atomic E-state index is 10.8. The molecule has 0 aliphatic rings. The molecule has 1 unspecified atom stereocenters. The molecule has 0 bridgehead atoms. The summed E-state index contributed by atoms with van der Waals surface area (Å²) in [6, 6.07) is 0.